The van der Waals surface area contributed by atoms with Crippen molar-refractivity contribution in [3.8, 4) is 0 Å². The van der Waals surface area contributed by atoms with Crippen molar-refractivity contribution in [2.45, 2.75) is 45.4 Å². The van der Waals surface area contributed by atoms with Gasteiger partial charge in [0.15, 0.2) is 5.16 Å². The summed E-state index contributed by atoms with van der Waals surface area (Å²) >= 11 is 1.22. The van der Waals surface area contributed by atoms with Gasteiger partial charge in [-0.25, -0.2) is 4.98 Å². The fourth-order valence-corrected chi connectivity index (χ4v) is 4.63. The van der Waals surface area contributed by atoms with E-state index in [1.54, 1.807) is 28.8 Å². The second-order valence-corrected chi connectivity index (χ2v) is 10.2. The van der Waals surface area contributed by atoms with Crippen molar-refractivity contribution in [1.29, 1.82) is 0 Å². The minimum Gasteiger partial charge on any atom is -0.350 e. The first-order valence-corrected chi connectivity index (χ1v) is 13.1. The van der Waals surface area contributed by atoms with Crippen molar-refractivity contribution >= 4 is 40.2 Å². The molecule has 1 aromatic heterocycles. The Hall–Kier alpha value is -3.91. The van der Waals surface area contributed by atoms with Gasteiger partial charge < -0.3 is 10.6 Å². The van der Waals surface area contributed by atoms with Gasteiger partial charge in [0.05, 0.1) is 23.2 Å². The Morgan fingerprint density at radius 1 is 0.973 bits per heavy atom. The predicted octanol–water partition coefficient (Wildman–Crippen LogP) is 4.93. The molecule has 0 aliphatic heterocycles. The first kappa shape index (κ1) is 26.2. The largest absolute Gasteiger partial charge is 0.350 e. The van der Waals surface area contributed by atoms with E-state index < -0.39 is 0 Å². The van der Waals surface area contributed by atoms with Crippen LogP contribution in [0, 0.1) is 13.8 Å². The van der Waals surface area contributed by atoms with Gasteiger partial charge in [-0.05, 0) is 80.8 Å². The Kier molecular flexibility index (Phi) is 8.08. The Labute approximate surface area is 220 Å². The fourth-order valence-electron chi connectivity index (χ4n) is 3.83. The second kappa shape index (κ2) is 11.4. The molecule has 2 N–H and O–H groups in total. The Morgan fingerprint density at radius 2 is 1.70 bits per heavy atom. The molecule has 7 nitrogen and oxygen atoms in total. The quantitative estimate of drug-likeness (QED) is 0.257. The molecular weight excluding hydrogens is 484 g/mol. The smallest absolute Gasteiger partial charge is 0.262 e. The lowest BCUT2D eigenvalue weighted by atomic mass is 10.1. The molecule has 0 fully saturated rings. The maximum atomic E-state index is 13.4. The SMILES string of the molecule is Cc1ccc(NC(=O)CSc2nc3ccccc3c(=O)n2Cc2ccc(C(=O)NC(C)C)cc2)cc1C. The summed E-state index contributed by atoms with van der Waals surface area (Å²) in [5.74, 6) is -0.216. The number of amides is 2. The first-order chi connectivity index (χ1) is 17.7. The van der Waals surface area contributed by atoms with E-state index in [2.05, 4.69) is 10.6 Å². The van der Waals surface area contributed by atoms with Crippen LogP contribution in [0.1, 0.15) is 40.9 Å². The third kappa shape index (κ3) is 6.46. The number of aryl methyl sites for hydroxylation is 2. The van der Waals surface area contributed by atoms with Crippen LogP contribution in [-0.2, 0) is 11.3 Å². The third-order valence-corrected chi connectivity index (χ3v) is 6.90. The minimum atomic E-state index is -0.178. The second-order valence-electron chi connectivity index (χ2n) is 9.26. The van der Waals surface area contributed by atoms with Crippen LogP contribution in [-0.4, -0.2) is 33.2 Å². The number of nitrogens with zero attached hydrogens (tertiary/aromatic N) is 2. The average molecular weight is 515 g/mol. The normalized spacial score (nSPS) is 11.1. The first-order valence-electron chi connectivity index (χ1n) is 12.1. The lowest BCUT2D eigenvalue weighted by Gasteiger charge is -2.14. The zero-order valence-corrected chi connectivity index (χ0v) is 22.2. The Bertz CT molecular complexity index is 1510. The highest BCUT2D eigenvalue weighted by molar-refractivity contribution is 7.99. The molecule has 8 heteroatoms. The molecule has 3 aromatic carbocycles. The van der Waals surface area contributed by atoms with Crippen molar-refractivity contribution in [1.82, 2.24) is 14.9 Å². The molecular formula is C29H30N4O3S. The predicted molar refractivity (Wildman–Crippen MR) is 149 cm³/mol. The maximum absolute atomic E-state index is 13.4. The number of benzene rings is 3. The van der Waals surface area contributed by atoms with E-state index in [0.717, 1.165) is 22.4 Å². The number of carbonyl (C=O) groups excluding carboxylic acids is 2. The van der Waals surface area contributed by atoms with Crippen LogP contribution in [0.3, 0.4) is 0 Å². The number of carbonyl (C=O) groups is 2. The number of nitrogens with one attached hydrogen (secondary N) is 2. The summed E-state index contributed by atoms with van der Waals surface area (Å²) in [6.07, 6.45) is 0. The number of hydrogen-bond acceptors (Lipinski definition) is 5. The lowest BCUT2D eigenvalue weighted by Crippen LogP contribution is -2.30. The number of fused-ring (bicyclic) bond motifs is 1. The third-order valence-electron chi connectivity index (χ3n) is 5.93. The van der Waals surface area contributed by atoms with Crippen molar-refractivity contribution in [3.63, 3.8) is 0 Å². The van der Waals surface area contributed by atoms with Crippen molar-refractivity contribution in [2.24, 2.45) is 0 Å². The van der Waals surface area contributed by atoms with Crippen molar-refractivity contribution < 1.29 is 9.59 Å². The van der Waals surface area contributed by atoms with Crippen molar-refractivity contribution in [3.05, 3.63) is 99.3 Å². The van der Waals surface area contributed by atoms with Crippen LogP contribution in [0.5, 0.6) is 0 Å². The summed E-state index contributed by atoms with van der Waals surface area (Å²) in [5.41, 5.74) is 4.80. The summed E-state index contributed by atoms with van der Waals surface area (Å²) in [7, 11) is 0. The molecule has 4 rings (SSSR count). The maximum Gasteiger partial charge on any atom is 0.262 e. The summed E-state index contributed by atoms with van der Waals surface area (Å²) in [4.78, 5) is 43.1. The van der Waals surface area contributed by atoms with Gasteiger partial charge in [0.25, 0.3) is 11.5 Å². The molecule has 4 aromatic rings. The van der Waals surface area contributed by atoms with Crippen LogP contribution < -0.4 is 16.2 Å². The Balaban J connectivity index is 1.57. The van der Waals surface area contributed by atoms with Gasteiger partial charge in [-0.2, -0.15) is 0 Å². The van der Waals surface area contributed by atoms with Gasteiger partial charge in [-0.15, -0.1) is 0 Å². The van der Waals surface area contributed by atoms with E-state index in [0.29, 0.717) is 21.6 Å². The molecule has 0 saturated heterocycles. The van der Waals surface area contributed by atoms with Crippen molar-refractivity contribution in [2.75, 3.05) is 11.1 Å². The number of aromatic nitrogens is 2. The van der Waals surface area contributed by atoms with Gasteiger partial charge in [0.2, 0.25) is 5.91 Å². The van der Waals surface area contributed by atoms with Gasteiger partial charge in [-0.1, -0.05) is 42.1 Å². The molecule has 2 amide bonds. The standard InChI is InChI=1S/C29H30N4O3S/c1-18(2)30-27(35)22-12-10-21(11-13-22)16-33-28(36)24-7-5-6-8-25(24)32-29(33)37-17-26(34)31-23-14-9-19(3)20(4)15-23/h5-15,18H,16-17H2,1-4H3,(H,30,35)(H,31,34). The average Bonchev–Trinajstić information content (AvgIpc) is 2.87. The molecule has 0 unspecified atom stereocenters. The van der Waals surface area contributed by atoms with E-state index in [9.17, 15) is 14.4 Å². The molecule has 0 aliphatic rings. The molecule has 37 heavy (non-hydrogen) atoms. The molecule has 1 heterocycles. The monoisotopic (exact) mass is 514 g/mol. The van der Waals surface area contributed by atoms with Gasteiger partial charge >= 0.3 is 0 Å². The van der Waals surface area contributed by atoms with E-state index in [1.807, 2.05) is 70.2 Å². The van der Waals surface area contributed by atoms with E-state index >= 15 is 0 Å². The molecule has 0 atom stereocenters. The van der Waals surface area contributed by atoms with Crippen LogP contribution in [0.25, 0.3) is 10.9 Å². The highest BCUT2D eigenvalue weighted by atomic mass is 32.2. The molecule has 0 radical (unpaired) electrons. The number of rotatable bonds is 8. The molecule has 0 saturated carbocycles. The van der Waals surface area contributed by atoms with Crippen LogP contribution >= 0.6 is 11.8 Å². The lowest BCUT2D eigenvalue weighted by molar-refractivity contribution is -0.113. The highest BCUT2D eigenvalue weighted by Gasteiger charge is 2.15. The Morgan fingerprint density at radius 3 is 2.41 bits per heavy atom. The van der Waals surface area contributed by atoms with Crippen LogP contribution in [0.4, 0.5) is 5.69 Å². The van der Waals surface area contributed by atoms with Crippen LogP contribution in [0.15, 0.2) is 76.7 Å². The van der Waals surface area contributed by atoms with E-state index in [1.165, 1.54) is 11.8 Å². The van der Waals surface area contributed by atoms with Gasteiger partial charge in [0.1, 0.15) is 0 Å². The number of thioether (sulfide) groups is 1. The fraction of sp³-hybridized carbons (Fsp3) is 0.241. The summed E-state index contributed by atoms with van der Waals surface area (Å²) in [5, 5.41) is 6.76. The zero-order valence-electron chi connectivity index (χ0n) is 21.4. The molecule has 0 bridgehead atoms. The highest BCUT2D eigenvalue weighted by Crippen LogP contribution is 2.20. The number of hydrogen-bond donors (Lipinski definition) is 2. The number of anilines is 1. The van der Waals surface area contributed by atoms with Crippen LogP contribution in [0.2, 0.25) is 0 Å². The zero-order chi connectivity index (χ0) is 26.5. The summed E-state index contributed by atoms with van der Waals surface area (Å²) in [6, 6.07) is 20.2. The van der Waals surface area contributed by atoms with E-state index in [4.69, 9.17) is 4.98 Å². The number of para-hydroxylation sites is 1. The van der Waals surface area contributed by atoms with E-state index in [-0.39, 0.29) is 35.7 Å². The molecule has 0 aliphatic carbocycles. The summed E-state index contributed by atoms with van der Waals surface area (Å²) in [6.45, 7) is 8.11. The topological polar surface area (TPSA) is 93.1 Å². The minimum absolute atomic E-state index is 0.0428. The van der Waals surface area contributed by atoms with Gasteiger partial charge in [0, 0.05) is 17.3 Å². The van der Waals surface area contributed by atoms with Gasteiger partial charge in [-0.3, -0.25) is 19.0 Å². The summed E-state index contributed by atoms with van der Waals surface area (Å²) < 4.78 is 1.58. The molecule has 190 valence electrons. The molecule has 0 spiro atoms.